The van der Waals surface area contributed by atoms with E-state index in [1.165, 1.54) is 18.5 Å². The smallest absolute Gasteiger partial charge is 0.390 e. The Morgan fingerprint density at radius 2 is 2.05 bits per heavy atom. The predicted octanol–water partition coefficient (Wildman–Crippen LogP) is 1.34. The third kappa shape index (κ3) is 2.69. The van der Waals surface area contributed by atoms with Gasteiger partial charge in [-0.2, -0.15) is 13.2 Å². The van der Waals surface area contributed by atoms with Crippen LogP contribution in [0.1, 0.15) is 11.6 Å². The molecule has 0 radical (unpaired) electrons. The van der Waals surface area contributed by atoms with E-state index in [9.17, 15) is 23.1 Å². The highest BCUT2D eigenvalue weighted by molar-refractivity contribution is 5.85. The molecule has 0 unspecified atom stereocenters. The SMILES string of the molecule is Cl.O=c1c2c(C(F)(F)F)cccc2ncn1[C@@H]1CNC[C@H]1O. The minimum absolute atomic E-state index is 0. The van der Waals surface area contributed by atoms with Crippen LogP contribution < -0.4 is 10.9 Å². The first-order valence-corrected chi connectivity index (χ1v) is 6.35. The maximum atomic E-state index is 13.0. The van der Waals surface area contributed by atoms with Gasteiger partial charge in [-0.15, -0.1) is 12.4 Å². The number of hydrogen-bond donors (Lipinski definition) is 2. The van der Waals surface area contributed by atoms with Gasteiger partial charge in [0.15, 0.2) is 0 Å². The third-order valence-corrected chi connectivity index (χ3v) is 3.63. The molecular formula is C13H13ClF3N3O2. The highest BCUT2D eigenvalue weighted by atomic mass is 35.5. The summed E-state index contributed by atoms with van der Waals surface area (Å²) in [6, 6.07) is 2.82. The highest BCUT2D eigenvalue weighted by Gasteiger charge is 2.35. The zero-order chi connectivity index (χ0) is 15.2. The number of benzene rings is 1. The molecule has 0 aliphatic carbocycles. The van der Waals surface area contributed by atoms with Crippen LogP contribution in [0.3, 0.4) is 0 Å². The fraction of sp³-hybridized carbons (Fsp3) is 0.385. The molecule has 0 saturated carbocycles. The van der Waals surface area contributed by atoms with Crippen molar-refractivity contribution in [2.75, 3.05) is 13.1 Å². The van der Waals surface area contributed by atoms with Gasteiger partial charge in [0, 0.05) is 13.1 Å². The van der Waals surface area contributed by atoms with Crippen LogP contribution >= 0.6 is 12.4 Å². The highest BCUT2D eigenvalue weighted by Crippen LogP contribution is 2.32. The van der Waals surface area contributed by atoms with Gasteiger partial charge in [0.2, 0.25) is 0 Å². The van der Waals surface area contributed by atoms with Gasteiger partial charge in [0.25, 0.3) is 5.56 Å². The van der Waals surface area contributed by atoms with Crippen LogP contribution in [0.5, 0.6) is 0 Å². The zero-order valence-electron chi connectivity index (χ0n) is 11.2. The van der Waals surface area contributed by atoms with E-state index in [1.54, 1.807) is 0 Å². The Labute approximate surface area is 129 Å². The van der Waals surface area contributed by atoms with E-state index in [2.05, 4.69) is 10.3 Å². The molecule has 0 amide bonds. The molecule has 2 aromatic rings. The number of aliphatic hydroxyl groups is 1. The maximum absolute atomic E-state index is 13.0. The summed E-state index contributed by atoms with van der Waals surface area (Å²) < 4.78 is 40.2. The minimum Gasteiger partial charge on any atom is -0.390 e. The second-order valence-electron chi connectivity index (χ2n) is 4.95. The Morgan fingerprint density at radius 1 is 1.32 bits per heavy atom. The molecule has 0 spiro atoms. The molecule has 9 heteroatoms. The van der Waals surface area contributed by atoms with Crippen LogP contribution in [0.15, 0.2) is 29.3 Å². The molecule has 0 bridgehead atoms. The lowest BCUT2D eigenvalue weighted by molar-refractivity contribution is -0.136. The summed E-state index contributed by atoms with van der Waals surface area (Å²) in [4.78, 5) is 16.3. The molecule has 2 heterocycles. The van der Waals surface area contributed by atoms with Crippen LogP contribution in [0.4, 0.5) is 13.2 Å². The summed E-state index contributed by atoms with van der Waals surface area (Å²) in [6.45, 7) is 0.596. The lowest BCUT2D eigenvalue weighted by atomic mass is 10.1. The van der Waals surface area contributed by atoms with E-state index in [4.69, 9.17) is 0 Å². The van der Waals surface area contributed by atoms with Crippen molar-refractivity contribution < 1.29 is 18.3 Å². The van der Waals surface area contributed by atoms with Gasteiger partial charge in [-0.1, -0.05) is 6.07 Å². The van der Waals surface area contributed by atoms with Gasteiger partial charge in [-0.25, -0.2) is 4.98 Å². The molecule has 1 aromatic heterocycles. The topological polar surface area (TPSA) is 67.2 Å². The average molecular weight is 336 g/mol. The van der Waals surface area contributed by atoms with Gasteiger partial charge in [-0.05, 0) is 12.1 Å². The Morgan fingerprint density at radius 3 is 2.64 bits per heavy atom. The van der Waals surface area contributed by atoms with Gasteiger partial charge in [0.05, 0.1) is 34.9 Å². The summed E-state index contributed by atoms with van der Waals surface area (Å²) in [6.07, 6.45) is -4.28. The Hall–Kier alpha value is -1.64. The van der Waals surface area contributed by atoms with Crippen molar-refractivity contribution in [1.29, 1.82) is 0 Å². The van der Waals surface area contributed by atoms with E-state index in [0.29, 0.717) is 6.54 Å². The van der Waals surface area contributed by atoms with E-state index in [-0.39, 0.29) is 24.5 Å². The molecule has 1 aliphatic heterocycles. The van der Waals surface area contributed by atoms with E-state index >= 15 is 0 Å². The van der Waals surface area contributed by atoms with Crippen LogP contribution in [-0.4, -0.2) is 33.9 Å². The maximum Gasteiger partial charge on any atom is 0.417 e. The number of nitrogens with zero attached hydrogens (tertiary/aromatic N) is 2. The van der Waals surface area contributed by atoms with Crippen molar-refractivity contribution in [3.05, 3.63) is 40.4 Å². The molecule has 120 valence electrons. The molecular weight excluding hydrogens is 323 g/mol. The second-order valence-corrected chi connectivity index (χ2v) is 4.95. The van der Waals surface area contributed by atoms with Crippen LogP contribution in [0, 0.1) is 0 Å². The summed E-state index contributed by atoms with van der Waals surface area (Å²) >= 11 is 0. The van der Waals surface area contributed by atoms with Crippen molar-refractivity contribution in [3.63, 3.8) is 0 Å². The van der Waals surface area contributed by atoms with Gasteiger partial charge in [0.1, 0.15) is 0 Å². The number of nitrogens with one attached hydrogen (secondary N) is 1. The number of hydrogen-bond acceptors (Lipinski definition) is 4. The van der Waals surface area contributed by atoms with Crippen molar-refractivity contribution in [1.82, 2.24) is 14.9 Å². The zero-order valence-corrected chi connectivity index (χ0v) is 12.0. The van der Waals surface area contributed by atoms with Crippen molar-refractivity contribution in [2.24, 2.45) is 0 Å². The first-order chi connectivity index (χ1) is 9.89. The molecule has 1 aromatic carbocycles. The molecule has 1 fully saturated rings. The van der Waals surface area contributed by atoms with Gasteiger partial charge >= 0.3 is 6.18 Å². The van der Waals surface area contributed by atoms with Crippen LogP contribution in [-0.2, 0) is 6.18 Å². The quantitative estimate of drug-likeness (QED) is 0.825. The molecule has 5 nitrogen and oxygen atoms in total. The second kappa shape index (κ2) is 5.86. The molecule has 2 N–H and O–H groups in total. The van der Waals surface area contributed by atoms with Crippen LogP contribution in [0.25, 0.3) is 10.9 Å². The first kappa shape index (κ1) is 16.7. The first-order valence-electron chi connectivity index (χ1n) is 6.35. The fourth-order valence-corrected chi connectivity index (χ4v) is 2.59. The number of halogens is 4. The normalized spacial score (nSPS) is 21.8. The number of aliphatic hydroxyl groups excluding tert-OH is 1. The van der Waals surface area contributed by atoms with E-state index < -0.39 is 34.8 Å². The molecule has 3 rings (SSSR count). The Kier molecular flexibility index (Phi) is 4.46. The summed E-state index contributed by atoms with van der Waals surface area (Å²) in [7, 11) is 0. The third-order valence-electron chi connectivity index (χ3n) is 3.63. The molecule has 1 aliphatic rings. The van der Waals surface area contributed by atoms with Gasteiger partial charge in [-0.3, -0.25) is 9.36 Å². The van der Waals surface area contributed by atoms with E-state index in [0.717, 1.165) is 10.6 Å². The number of fused-ring (bicyclic) bond motifs is 1. The Bertz CT molecular complexity index is 747. The summed E-state index contributed by atoms with van der Waals surface area (Å²) in [5.41, 5.74) is -1.81. The summed E-state index contributed by atoms with van der Waals surface area (Å²) in [5.74, 6) is 0. The predicted molar refractivity (Wildman–Crippen MR) is 76.2 cm³/mol. The number of rotatable bonds is 1. The number of alkyl halides is 3. The number of aromatic nitrogens is 2. The van der Waals surface area contributed by atoms with Crippen molar-refractivity contribution in [3.8, 4) is 0 Å². The molecule has 2 atom stereocenters. The van der Waals surface area contributed by atoms with Crippen molar-refractivity contribution >= 4 is 23.3 Å². The minimum atomic E-state index is -4.63. The van der Waals surface area contributed by atoms with E-state index in [1.807, 2.05) is 0 Å². The number of β-amino-alcohol motifs (C(OH)–C–C–N with tert-alkyl or cyclic N) is 1. The van der Waals surface area contributed by atoms with Crippen molar-refractivity contribution in [2.45, 2.75) is 18.3 Å². The summed E-state index contributed by atoms with van der Waals surface area (Å²) in [5, 5.41) is 12.2. The lowest BCUT2D eigenvalue weighted by Gasteiger charge is -2.18. The molecule has 1 saturated heterocycles. The van der Waals surface area contributed by atoms with Crippen LogP contribution in [0.2, 0.25) is 0 Å². The molecule has 22 heavy (non-hydrogen) atoms. The Balaban J connectivity index is 0.00000176. The fourth-order valence-electron chi connectivity index (χ4n) is 2.59. The van der Waals surface area contributed by atoms with Gasteiger partial charge < -0.3 is 10.4 Å². The monoisotopic (exact) mass is 335 g/mol. The standard InChI is InChI=1S/C13H12F3N3O2.ClH/c14-13(15,16)7-2-1-3-8-11(7)12(21)19(6-18-8)9-4-17-5-10(9)20;/h1-3,6,9-10,17,20H,4-5H2;1H/t9-,10-;/m1./s1. The largest absolute Gasteiger partial charge is 0.417 e. The lowest BCUT2D eigenvalue weighted by Crippen LogP contribution is -2.32. The average Bonchev–Trinajstić information content (AvgIpc) is 2.84.